The molecule has 37 heavy (non-hydrogen) atoms. The van der Waals surface area contributed by atoms with Crippen LogP contribution in [0.3, 0.4) is 0 Å². The number of urea groups is 1. The summed E-state index contributed by atoms with van der Waals surface area (Å²) in [4.78, 5) is 20.4. The first kappa shape index (κ1) is 24.6. The second-order valence-electron chi connectivity index (χ2n) is 8.53. The summed E-state index contributed by atoms with van der Waals surface area (Å²) in [5, 5.41) is 4.77. The van der Waals surface area contributed by atoms with E-state index >= 15 is 0 Å². The van der Waals surface area contributed by atoms with Crippen LogP contribution in [0.4, 0.5) is 23.7 Å². The molecule has 3 aromatic carbocycles. The van der Waals surface area contributed by atoms with Gasteiger partial charge in [0.1, 0.15) is 0 Å². The Labute approximate surface area is 215 Å². The van der Waals surface area contributed by atoms with Gasteiger partial charge >= 0.3 is 12.2 Å². The van der Waals surface area contributed by atoms with Gasteiger partial charge in [-0.15, -0.1) is 11.3 Å². The van der Waals surface area contributed by atoms with Crippen molar-refractivity contribution in [2.45, 2.75) is 19.1 Å². The van der Waals surface area contributed by atoms with Crippen LogP contribution in [0.15, 0.2) is 96.5 Å². The maximum atomic E-state index is 13.2. The van der Waals surface area contributed by atoms with Crippen molar-refractivity contribution >= 4 is 28.0 Å². The molecule has 9 heteroatoms. The molecule has 2 aromatic heterocycles. The fraction of sp³-hybridized carbons (Fsp3) is 0.143. The van der Waals surface area contributed by atoms with Crippen LogP contribution in [-0.2, 0) is 19.1 Å². The molecule has 0 fully saturated rings. The largest absolute Gasteiger partial charge is 0.416 e. The van der Waals surface area contributed by atoms with Gasteiger partial charge in [0.15, 0.2) is 4.96 Å². The molecule has 2 heterocycles. The molecule has 0 aliphatic rings. The van der Waals surface area contributed by atoms with Gasteiger partial charge in [-0.3, -0.25) is 4.40 Å². The molecule has 0 saturated heterocycles. The predicted molar refractivity (Wildman–Crippen MR) is 140 cm³/mol. The van der Waals surface area contributed by atoms with Crippen molar-refractivity contribution in [3.8, 4) is 11.3 Å². The first-order chi connectivity index (χ1) is 17.9. The third-order valence-corrected chi connectivity index (χ3v) is 6.85. The first-order valence-corrected chi connectivity index (χ1v) is 12.5. The van der Waals surface area contributed by atoms with E-state index in [4.69, 9.17) is 4.98 Å². The van der Waals surface area contributed by atoms with E-state index in [0.717, 1.165) is 39.6 Å². The summed E-state index contributed by atoms with van der Waals surface area (Å²) in [7, 11) is 0. The number of carbonyl (C=O) groups is 1. The van der Waals surface area contributed by atoms with Crippen molar-refractivity contribution < 1.29 is 18.0 Å². The normalized spacial score (nSPS) is 11.5. The zero-order valence-electron chi connectivity index (χ0n) is 19.7. The Morgan fingerprint density at radius 1 is 0.946 bits per heavy atom. The SMILES string of the molecule is O=C(Nc1ccc(C(F)(F)F)cc1)N(CCc1csc2nc(-c3ccccc3)cn12)Cc1ccccc1. The van der Waals surface area contributed by atoms with E-state index in [1.165, 1.54) is 12.1 Å². The number of halogens is 3. The standard InChI is InChI=1S/C28H23F3N4OS/c29-28(30,31)22-11-13-23(14-12-22)32-26(36)34(17-20-7-3-1-4-8-20)16-15-24-19-37-27-33-25(18-35(24)27)21-9-5-2-6-10-21/h1-14,18-19H,15-17H2,(H,32,36). The second kappa shape index (κ2) is 10.5. The number of carbonyl (C=O) groups excluding carboxylic acids is 1. The fourth-order valence-corrected chi connectivity index (χ4v) is 4.92. The Morgan fingerprint density at radius 3 is 2.30 bits per heavy atom. The van der Waals surface area contributed by atoms with Crippen LogP contribution in [0, 0.1) is 0 Å². The van der Waals surface area contributed by atoms with E-state index in [1.54, 1.807) is 16.2 Å². The predicted octanol–water partition coefficient (Wildman–Crippen LogP) is 7.36. The average molecular weight is 521 g/mol. The van der Waals surface area contributed by atoms with Crippen LogP contribution >= 0.6 is 11.3 Å². The Kier molecular flexibility index (Phi) is 6.96. The lowest BCUT2D eigenvalue weighted by Gasteiger charge is -2.23. The number of hydrogen-bond acceptors (Lipinski definition) is 3. The Balaban J connectivity index is 1.33. The number of amides is 2. The van der Waals surface area contributed by atoms with E-state index in [0.29, 0.717) is 25.2 Å². The van der Waals surface area contributed by atoms with E-state index in [1.807, 2.05) is 76.6 Å². The van der Waals surface area contributed by atoms with Gasteiger partial charge in [0.2, 0.25) is 0 Å². The topological polar surface area (TPSA) is 49.6 Å². The van der Waals surface area contributed by atoms with Crippen molar-refractivity contribution in [2.24, 2.45) is 0 Å². The summed E-state index contributed by atoms with van der Waals surface area (Å²) >= 11 is 1.54. The van der Waals surface area contributed by atoms with Crippen LogP contribution in [-0.4, -0.2) is 26.9 Å². The molecule has 0 unspecified atom stereocenters. The third kappa shape index (κ3) is 5.83. The number of aromatic nitrogens is 2. The molecule has 0 radical (unpaired) electrons. The minimum absolute atomic E-state index is 0.302. The summed E-state index contributed by atoms with van der Waals surface area (Å²) in [6.07, 6.45) is -1.85. The summed E-state index contributed by atoms with van der Waals surface area (Å²) in [5.41, 5.74) is 3.44. The molecule has 0 aliphatic carbocycles. The number of thiazole rings is 1. The lowest BCUT2D eigenvalue weighted by molar-refractivity contribution is -0.137. The third-order valence-electron chi connectivity index (χ3n) is 5.96. The number of fused-ring (bicyclic) bond motifs is 1. The number of alkyl halides is 3. The minimum atomic E-state index is -4.43. The van der Waals surface area contributed by atoms with Gasteiger partial charge in [-0.05, 0) is 29.8 Å². The number of benzene rings is 3. The molecular formula is C28H23F3N4OS. The van der Waals surface area contributed by atoms with Crippen molar-refractivity contribution in [2.75, 3.05) is 11.9 Å². The van der Waals surface area contributed by atoms with Crippen molar-refractivity contribution in [3.63, 3.8) is 0 Å². The highest BCUT2D eigenvalue weighted by Crippen LogP contribution is 2.30. The lowest BCUT2D eigenvalue weighted by Crippen LogP contribution is -2.36. The van der Waals surface area contributed by atoms with E-state index in [2.05, 4.69) is 5.32 Å². The highest BCUT2D eigenvalue weighted by atomic mass is 32.1. The van der Waals surface area contributed by atoms with Crippen LogP contribution in [0.5, 0.6) is 0 Å². The van der Waals surface area contributed by atoms with Gasteiger partial charge in [0.05, 0.1) is 11.3 Å². The van der Waals surface area contributed by atoms with E-state index < -0.39 is 11.7 Å². The van der Waals surface area contributed by atoms with E-state index in [9.17, 15) is 18.0 Å². The summed E-state index contributed by atoms with van der Waals surface area (Å²) < 4.78 is 40.7. The van der Waals surface area contributed by atoms with Gasteiger partial charge in [0, 0.05) is 48.0 Å². The van der Waals surface area contributed by atoms with Crippen molar-refractivity contribution in [3.05, 3.63) is 113 Å². The van der Waals surface area contributed by atoms with Crippen molar-refractivity contribution in [1.82, 2.24) is 14.3 Å². The Bertz CT molecular complexity index is 1480. The summed E-state index contributed by atoms with van der Waals surface area (Å²) in [5.74, 6) is 0. The van der Waals surface area contributed by atoms with Gasteiger partial charge < -0.3 is 10.2 Å². The summed E-state index contributed by atoms with van der Waals surface area (Å²) in [6.45, 7) is 0.770. The lowest BCUT2D eigenvalue weighted by atomic mass is 10.2. The molecule has 0 saturated carbocycles. The van der Waals surface area contributed by atoms with Crippen LogP contribution in [0.25, 0.3) is 16.2 Å². The quantitative estimate of drug-likeness (QED) is 0.244. The van der Waals surface area contributed by atoms with Crippen LogP contribution < -0.4 is 5.32 Å². The minimum Gasteiger partial charge on any atom is -0.320 e. The van der Waals surface area contributed by atoms with Crippen LogP contribution in [0.2, 0.25) is 0 Å². The van der Waals surface area contributed by atoms with Crippen molar-refractivity contribution in [1.29, 1.82) is 0 Å². The number of imidazole rings is 1. The molecule has 2 amide bonds. The Morgan fingerprint density at radius 2 is 1.62 bits per heavy atom. The molecule has 5 rings (SSSR count). The van der Waals surface area contributed by atoms with Gasteiger partial charge in [-0.25, -0.2) is 9.78 Å². The highest BCUT2D eigenvalue weighted by Gasteiger charge is 2.30. The smallest absolute Gasteiger partial charge is 0.320 e. The monoisotopic (exact) mass is 520 g/mol. The molecule has 0 atom stereocenters. The van der Waals surface area contributed by atoms with Crippen LogP contribution in [0.1, 0.15) is 16.8 Å². The highest BCUT2D eigenvalue weighted by molar-refractivity contribution is 7.15. The number of nitrogens with zero attached hydrogens (tertiary/aromatic N) is 3. The molecule has 0 aliphatic heterocycles. The number of rotatable bonds is 7. The van der Waals surface area contributed by atoms with E-state index in [-0.39, 0.29) is 6.03 Å². The summed E-state index contributed by atoms with van der Waals surface area (Å²) in [6, 6.07) is 23.6. The maximum Gasteiger partial charge on any atom is 0.416 e. The molecule has 5 nitrogen and oxygen atoms in total. The molecule has 188 valence electrons. The zero-order valence-corrected chi connectivity index (χ0v) is 20.5. The van der Waals surface area contributed by atoms with Gasteiger partial charge in [0.25, 0.3) is 0 Å². The maximum absolute atomic E-state index is 13.2. The molecular weight excluding hydrogens is 497 g/mol. The fourth-order valence-electron chi connectivity index (χ4n) is 4.01. The average Bonchev–Trinajstić information content (AvgIpc) is 3.49. The van der Waals surface area contributed by atoms with Gasteiger partial charge in [-0.1, -0.05) is 60.7 Å². The molecule has 0 spiro atoms. The Hall–Kier alpha value is -4.11. The second-order valence-corrected chi connectivity index (χ2v) is 9.37. The first-order valence-electron chi connectivity index (χ1n) is 11.6. The molecule has 0 bridgehead atoms. The number of nitrogens with one attached hydrogen (secondary N) is 1. The number of hydrogen-bond donors (Lipinski definition) is 1. The number of anilines is 1. The molecule has 5 aromatic rings. The zero-order chi connectivity index (χ0) is 25.8. The molecule has 1 N–H and O–H groups in total. The van der Waals surface area contributed by atoms with Gasteiger partial charge in [-0.2, -0.15) is 13.2 Å².